The molecule has 2 amide bonds. The Morgan fingerprint density at radius 3 is 2.50 bits per heavy atom. The summed E-state index contributed by atoms with van der Waals surface area (Å²) < 4.78 is 2.09. The molecule has 1 aromatic carbocycles. The van der Waals surface area contributed by atoms with Crippen LogP contribution in [0.15, 0.2) is 42.6 Å². The molecule has 5 nitrogen and oxygen atoms in total. The van der Waals surface area contributed by atoms with E-state index in [-0.39, 0.29) is 6.03 Å². The normalized spacial score (nSPS) is 14.9. The molecule has 0 aliphatic heterocycles. The summed E-state index contributed by atoms with van der Waals surface area (Å²) in [6.45, 7) is 4.58. The highest BCUT2D eigenvalue weighted by Gasteiger charge is 2.18. The standard InChI is InChI=1S/C23H28N4O/c1-16-8-11-18(12-9-16)22-20(27-15-17(2)10-13-21(27)26-22)14-24-23(28)25-19-6-4-3-5-7-19/h8-13,15,19H,3-7,14H2,1-2H3,(H2,24,25,28). The zero-order chi connectivity index (χ0) is 19.5. The molecule has 146 valence electrons. The molecule has 1 aliphatic rings. The minimum atomic E-state index is -0.0932. The lowest BCUT2D eigenvalue weighted by atomic mass is 9.96. The van der Waals surface area contributed by atoms with Gasteiger partial charge in [-0.3, -0.25) is 0 Å². The van der Waals surface area contributed by atoms with Crippen molar-refractivity contribution in [1.82, 2.24) is 20.0 Å². The van der Waals surface area contributed by atoms with Crippen molar-refractivity contribution in [2.45, 2.75) is 58.5 Å². The summed E-state index contributed by atoms with van der Waals surface area (Å²) in [4.78, 5) is 17.3. The average Bonchev–Trinajstić information content (AvgIpc) is 3.05. The summed E-state index contributed by atoms with van der Waals surface area (Å²) in [5, 5.41) is 6.18. The number of carbonyl (C=O) groups excluding carboxylic acids is 1. The number of imidazole rings is 1. The third-order valence-electron chi connectivity index (χ3n) is 5.55. The van der Waals surface area contributed by atoms with Gasteiger partial charge in [0.05, 0.1) is 17.9 Å². The van der Waals surface area contributed by atoms with Crippen LogP contribution in [0.1, 0.15) is 48.9 Å². The molecule has 0 bridgehead atoms. The molecule has 0 atom stereocenters. The second-order valence-electron chi connectivity index (χ2n) is 7.87. The quantitative estimate of drug-likeness (QED) is 0.690. The number of nitrogens with one attached hydrogen (secondary N) is 2. The first kappa shape index (κ1) is 18.5. The van der Waals surface area contributed by atoms with Crippen LogP contribution in [-0.4, -0.2) is 21.5 Å². The molecule has 0 unspecified atom stereocenters. The van der Waals surface area contributed by atoms with E-state index in [1.54, 1.807) is 0 Å². The van der Waals surface area contributed by atoms with Crippen LogP contribution in [0.3, 0.4) is 0 Å². The van der Waals surface area contributed by atoms with Crippen LogP contribution < -0.4 is 10.6 Å². The van der Waals surface area contributed by atoms with Crippen molar-refractivity contribution < 1.29 is 4.79 Å². The summed E-state index contributed by atoms with van der Waals surface area (Å²) in [6, 6.07) is 12.7. The smallest absolute Gasteiger partial charge is 0.315 e. The number of benzene rings is 1. The van der Waals surface area contributed by atoms with E-state index < -0.39 is 0 Å². The number of hydrogen-bond donors (Lipinski definition) is 2. The van der Waals surface area contributed by atoms with Crippen LogP contribution in [-0.2, 0) is 6.54 Å². The monoisotopic (exact) mass is 376 g/mol. The first-order chi connectivity index (χ1) is 13.6. The van der Waals surface area contributed by atoms with E-state index >= 15 is 0 Å². The molecule has 28 heavy (non-hydrogen) atoms. The van der Waals surface area contributed by atoms with Crippen molar-refractivity contribution >= 4 is 11.7 Å². The van der Waals surface area contributed by atoms with Gasteiger partial charge >= 0.3 is 6.03 Å². The van der Waals surface area contributed by atoms with Gasteiger partial charge in [-0.1, -0.05) is 55.2 Å². The molecule has 4 rings (SSSR count). The van der Waals surface area contributed by atoms with Crippen molar-refractivity contribution in [1.29, 1.82) is 0 Å². The van der Waals surface area contributed by atoms with Crippen LogP contribution >= 0.6 is 0 Å². The SMILES string of the molecule is Cc1ccc(-c2nc3ccc(C)cn3c2CNC(=O)NC2CCCCC2)cc1. The van der Waals surface area contributed by atoms with Crippen LogP contribution in [0.25, 0.3) is 16.9 Å². The predicted molar refractivity (Wildman–Crippen MR) is 112 cm³/mol. The largest absolute Gasteiger partial charge is 0.335 e. The lowest BCUT2D eigenvalue weighted by Crippen LogP contribution is -2.42. The number of carbonyl (C=O) groups is 1. The molecule has 2 N–H and O–H groups in total. The van der Waals surface area contributed by atoms with Crippen molar-refractivity contribution in [3.63, 3.8) is 0 Å². The van der Waals surface area contributed by atoms with Crippen molar-refractivity contribution in [2.75, 3.05) is 0 Å². The van der Waals surface area contributed by atoms with Gasteiger partial charge in [-0.05, 0) is 38.3 Å². The lowest BCUT2D eigenvalue weighted by Gasteiger charge is -2.22. The van der Waals surface area contributed by atoms with Gasteiger partial charge in [-0.15, -0.1) is 0 Å². The average molecular weight is 377 g/mol. The van der Waals surface area contributed by atoms with Gasteiger partial charge in [-0.25, -0.2) is 9.78 Å². The van der Waals surface area contributed by atoms with E-state index in [0.29, 0.717) is 12.6 Å². The summed E-state index contributed by atoms with van der Waals surface area (Å²) >= 11 is 0. The van der Waals surface area contributed by atoms with Gasteiger partial charge in [0.15, 0.2) is 0 Å². The predicted octanol–water partition coefficient (Wildman–Crippen LogP) is 4.75. The maximum absolute atomic E-state index is 12.5. The van der Waals surface area contributed by atoms with Gasteiger partial charge < -0.3 is 15.0 Å². The number of fused-ring (bicyclic) bond motifs is 1. The zero-order valence-electron chi connectivity index (χ0n) is 16.7. The molecule has 5 heteroatoms. The number of pyridine rings is 1. The lowest BCUT2D eigenvalue weighted by molar-refractivity contribution is 0.232. The molecule has 0 saturated heterocycles. The molecule has 2 heterocycles. The number of urea groups is 1. The van der Waals surface area contributed by atoms with Crippen LogP contribution in [0, 0.1) is 13.8 Å². The Morgan fingerprint density at radius 2 is 1.75 bits per heavy atom. The van der Waals surface area contributed by atoms with Crippen LogP contribution in [0.4, 0.5) is 4.79 Å². The maximum atomic E-state index is 12.5. The number of hydrogen-bond acceptors (Lipinski definition) is 2. The Balaban J connectivity index is 1.58. The van der Waals surface area contributed by atoms with E-state index in [1.165, 1.54) is 24.8 Å². The number of amides is 2. The molecule has 1 fully saturated rings. The highest BCUT2D eigenvalue weighted by Crippen LogP contribution is 2.25. The van der Waals surface area contributed by atoms with Gasteiger partial charge in [-0.2, -0.15) is 0 Å². The first-order valence-corrected chi connectivity index (χ1v) is 10.2. The fourth-order valence-electron chi connectivity index (χ4n) is 3.96. The molecule has 0 radical (unpaired) electrons. The molecular formula is C23H28N4O. The van der Waals surface area contributed by atoms with Crippen LogP contribution in [0.5, 0.6) is 0 Å². The number of aryl methyl sites for hydroxylation is 2. The van der Waals surface area contributed by atoms with Gasteiger partial charge in [0.2, 0.25) is 0 Å². The van der Waals surface area contributed by atoms with Crippen molar-refractivity contribution in [3.05, 3.63) is 59.4 Å². The van der Waals surface area contributed by atoms with E-state index in [1.807, 2.05) is 6.07 Å². The Kier molecular flexibility index (Phi) is 5.33. The third kappa shape index (κ3) is 4.03. The number of rotatable bonds is 4. The zero-order valence-corrected chi connectivity index (χ0v) is 16.7. The molecule has 1 aliphatic carbocycles. The summed E-state index contributed by atoms with van der Waals surface area (Å²) in [5.74, 6) is 0. The fraction of sp³-hybridized carbons (Fsp3) is 0.391. The number of nitrogens with zero attached hydrogens (tertiary/aromatic N) is 2. The molecular weight excluding hydrogens is 348 g/mol. The minimum Gasteiger partial charge on any atom is -0.335 e. The molecule has 2 aromatic heterocycles. The first-order valence-electron chi connectivity index (χ1n) is 10.2. The minimum absolute atomic E-state index is 0.0932. The second kappa shape index (κ2) is 8.05. The summed E-state index contributed by atoms with van der Waals surface area (Å²) in [6.07, 6.45) is 7.93. The van der Waals surface area contributed by atoms with E-state index in [4.69, 9.17) is 4.98 Å². The highest BCUT2D eigenvalue weighted by molar-refractivity contribution is 5.75. The highest BCUT2D eigenvalue weighted by atomic mass is 16.2. The third-order valence-corrected chi connectivity index (χ3v) is 5.55. The summed E-state index contributed by atoms with van der Waals surface area (Å²) in [5.41, 5.74) is 6.26. The molecule has 3 aromatic rings. The van der Waals surface area contributed by atoms with Gasteiger partial charge in [0.1, 0.15) is 5.65 Å². The van der Waals surface area contributed by atoms with E-state index in [0.717, 1.165) is 41.0 Å². The maximum Gasteiger partial charge on any atom is 0.315 e. The molecule has 1 saturated carbocycles. The van der Waals surface area contributed by atoms with E-state index in [2.05, 4.69) is 65.4 Å². The topological polar surface area (TPSA) is 58.4 Å². The van der Waals surface area contributed by atoms with Crippen molar-refractivity contribution in [3.8, 4) is 11.3 Å². The van der Waals surface area contributed by atoms with Gasteiger partial charge in [0, 0.05) is 17.8 Å². The van der Waals surface area contributed by atoms with Crippen molar-refractivity contribution in [2.24, 2.45) is 0 Å². The van der Waals surface area contributed by atoms with Crippen LogP contribution in [0.2, 0.25) is 0 Å². The van der Waals surface area contributed by atoms with E-state index in [9.17, 15) is 4.79 Å². The fourth-order valence-corrected chi connectivity index (χ4v) is 3.96. The Morgan fingerprint density at radius 1 is 1.04 bits per heavy atom. The Bertz CT molecular complexity index is 968. The second-order valence-corrected chi connectivity index (χ2v) is 7.87. The Hall–Kier alpha value is -2.82. The Labute approximate surface area is 166 Å². The number of aromatic nitrogens is 2. The van der Waals surface area contributed by atoms with Gasteiger partial charge in [0.25, 0.3) is 0 Å². The summed E-state index contributed by atoms with van der Waals surface area (Å²) in [7, 11) is 0. The molecule has 0 spiro atoms.